The van der Waals surface area contributed by atoms with Crippen molar-refractivity contribution in [2.45, 2.75) is 33.5 Å². The van der Waals surface area contributed by atoms with E-state index < -0.39 is 0 Å². The molecule has 1 aromatic carbocycles. The van der Waals surface area contributed by atoms with Crippen molar-refractivity contribution in [1.82, 2.24) is 24.6 Å². The molecule has 0 aliphatic rings. The minimum Gasteiger partial charge on any atom is -0.349 e. The molecular weight excluding hydrogens is 397 g/mol. The standard InChI is InChI=1S/C23H22FN5O2/c1-15-19-12-27-29(14-21(30)26-11-18-8-5-6-10-25-18)23(31)22(19)16(2)28(15)13-17-7-3-4-9-20(17)24/h3-10,12H,11,13-14H2,1-2H3,(H,26,30). The van der Waals surface area contributed by atoms with Crippen LogP contribution in [0.2, 0.25) is 0 Å². The van der Waals surface area contributed by atoms with Crippen molar-refractivity contribution < 1.29 is 9.18 Å². The maximum absolute atomic E-state index is 14.1. The Morgan fingerprint density at radius 3 is 2.61 bits per heavy atom. The van der Waals surface area contributed by atoms with Gasteiger partial charge in [0.25, 0.3) is 5.56 Å². The molecule has 8 heteroatoms. The first-order valence-electron chi connectivity index (χ1n) is 9.91. The Hall–Kier alpha value is -3.81. The maximum atomic E-state index is 14.1. The van der Waals surface area contributed by atoms with Gasteiger partial charge in [0.1, 0.15) is 12.4 Å². The summed E-state index contributed by atoms with van der Waals surface area (Å²) in [5, 5.41) is 8.11. The fourth-order valence-corrected chi connectivity index (χ4v) is 3.68. The van der Waals surface area contributed by atoms with E-state index in [2.05, 4.69) is 15.4 Å². The second-order valence-electron chi connectivity index (χ2n) is 7.34. The summed E-state index contributed by atoms with van der Waals surface area (Å²) in [5.41, 5.74) is 2.45. The van der Waals surface area contributed by atoms with Crippen molar-refractivity contribution in [3.8, 4) is 0 Å². The van der Waals surface area contributed by atoms with Gasteiger partial charge in [0.05, 0.1) is 30.4 Å². The van der Waals surface area contributed by atoms with E-state index >= 15 is 0 Å². The number of hydrogen-bond donors (Lipinski definition) is 1. The van der Waals surface area contributed by atoms with Crippen molar-refractivity contribution in [3.63, 3.8) is 0 Å². The summed E-state index contributed by atoms with van der Waals surface area (Å²) >= 11 is 0. The van der Waals surface area contributed by atoms with Crippen LogP contribution in [0.3, 0.4) is 0 Å². The van der Waals surface area contributed by atoms with Crippen molar-refractivity contribution in [2.75, 3.05) is 0 Å². The first-order valence-corrected chi connectivity index (χ1v) is 9.91. The Balaban J connectivity index is 1.60. The summed E-state index contributed by atoms with van der Waals surface area (Å²) in [5.74, 6) is -0.626. The van der Waals surface area contributed by atoms with Gasteiger partial charge in [0, 0.05) is 28.5 Å². The molecule has 31 heavy (non-hydrogen) atoms. The summed E-state index contributed by atoms with van der Waals surface area (Å²) in [4.78, 5) is 29.5. The number of carbonyl (C=O) groups is 1. The molecule has 0 atom stereocenters. The van der Waals surface area contributed by atoms with Crippen molar-refractivity contribution in [2.24, 2.45) is 0 Å². The largest absolute Gasteiger partial charge is 0.349 e. The lowest BCUT2D eigenvalue weighted by Crippen LogP contribution is -2.33. The Kier molecular flexibility index (Phi) is 5.62. The number of nitrogens with zero attached hydrogens (tertiary/aromatic N) is 4. The van der Waals surface area contributed by atoms with E-state index in [1.807, 2.05) is 24.5 Å². The Labute approximate surface area is 178 Å². The van der Waals surface area contributed by atoms with E-state index in [0.29, 0.717) is 28.6 Å². The lowest BCUT2D eigenvalue weighted by molar-refractivity contribution is -0.122. The van der Waals surface area contributed by atoms with Crippen LogP contribution in [-0.2, 0) is 24.4 Å². The number of hydrogen-bond acceptors (Lipinski definition) is 4. The Morgan fingerprint density at radius 2 is 1.87 bits per heavy atom. The van der Waals surface area contributed by atoms with Gasteiger partial charge in [0.15, 0.2) is 0 Å². The molecule has 4 aromatic rings. The zero-order chi connectivity index (χ0) is 22.0. The molecule has 0 bridgehead atoms. The van der Waals surface area contributed by atoms with E-state index in [1.165, 1.54) is 6.07 Å². The monoisotopic (exact) mass is 419 g/mol. The van der Waals surface area contributed by atoms with Crippen LogP contribution in [0.4, 0.5) is 4.39 Å². The summed E-state index contributed by atoms with van der Waals surface area (Å²) in [6.07, 6.45) is 3.24. The summed E-state index contributed by atoms with van der Waals surface area (Å²) in [6.45, 7) is 4.08. The van der Waals surface area contributed by atoms with Crippen LogP contribution >= 0.6 is 0 Å². The maximum Gasteiger partial charge on any atom is 0.276 e. The highest BCUT2D eigenvalue weighted by Gasteiger charge is 2.18. The second kappa shape index (κ2) is 8.51. The number of rotatable bonds is 6. The Bertz CT molecular complexity index is 1310. The van der Waals surface area contributed by atoms with Gasteiger partial charge in [-0.3, -0.25) is 14.6 Å². The number of pyridine rings is 1. The molecule has 0 saturated carbocycles. The molecule has 0 unspecified atom stereocenters. The average molecular weight is 419 g/mol. The molecule has 0 spiro atoms. The van der Waals surface area contributed by atoms with E-state index in [-0.39, 0.29) is 30.4 Å². The van der Waals surface area contributed by atoms with Crippen molar-refractivity contribution in [3.05, 3.63) is 93.7 Å². The van der Waals surface area contributed by atoms with Crippen LogP contribution in [0.1, 0.15) is 22.6 Å². The van der Waals surface area contributed by atoms with Gasteiger partial charge in [-0.05, 0) is 32.0 Å². The molecule has 0 aliphatic carbocycles. The number of benzene rings is 1. The first kappa shape index (κ1) is 20.5. The van der Waals surface area contributed by atoms with Gasteiger partial charge in [-0.2, -0.15) is 5.10 Å². The molecule has 0 radical (unpaired) electrons. The molecule has 3 heterocycles. The highest BCUT2D eigenvalue weighted by molar-refractivity contribution is 5.87. The zero-order valence-corrected chi connectivity index (χ0v) is 17.3. The molecule has 1 N–H and O–H groups in total. The summed E-state index contributed by atoms with van der Waals surface area (Å²) in [6, 6.07) is 12.0. The molecular formula is C23H22FN5O2. The van der Waals surface area contributed by atoms with Gasteiger partial charge in [-0.1, -0.05) is 24.3 Å². The third kappa shape index (κ3) is 4.09. The van der Waals surface area contributed by atoms with Crippen LogP contribution in [0.15, 0.2) is 59.7 Å². The highest BCUT2D eigenvalue weighted by Crippen LogP contribution is 2.23. The predicted molar refractivity (Wildman–Crippen MR) is 115 cm³/mol. The molecule has 4 rings (SSSR count). The highest BCUT2D eigenvalue weighted by atomic mass is 19.1. The van der Waals surface area contributed by atoms with Crippen LogP contribution in [0, 0.1) is 19.7 Å². The van der Waals surface area contributed by atoms with Gasteiger partial charge in [-0.25, -0.2) is 9.07 Å². The van der Waals surface area contributed by atoms with Crippen LogP contribution in [0.5, 0.6) is 0 Å². The average Bonchev–Trinajstić information content (AvgIpc) is 3.01. The normalized spacial score (nSPS) is 11.1. The van der Waals surface area contributed by atoms with E-state index in [1.54, 1.807) is 42.7 Å². The lowest BCUT2D eigenvalue weighted by Gasteiger charge is -2.10. The molecule has 7 nitrogen and oxygen atoms in total. The van der Waals surface area contributed by atoms with Crippen LogP contribution in [-0.4, -0.2) is 25.2 Å². The van der Waals surface area contributed by atoms with Crippen molar-refractivity contribution in [1.29, 1.82) is 0 Å². The number of amides is 1. The van der Waals surface area contributed by atoms with Gasteiger partial charge >= 0.3 is 0 Å². The van der Waals surface area contributed by atoms with Crippen LogP contribution < -0.4 is 10.9 Å². The molecule has 0 aliphatic heterocycles. The van der Waals surface area contributed by atoms with E-state index in [0.717, 1.165) is 16.1 Å². The van der Waals surface area contributed by atoms with E-state index in [9.17, 15) is 14.0 Å². The SMILES string of the molecule is Cc1c2cnn(CC(=O)NCc3ccccn3)c(=O)c2c(C)n1Cc1ccccc1F. The number of aryl methyl sites for hydroxylation is 2. The second-order valence-corrected chi connectivity index (χ2v) is 7.34. The molecule has 158 valence electrons. The van der Waals surface area contributed by atoms with Crippen LogP contribution in [0.25, 0.3) is 10.8 Å². The number of aromatic nitrogens is 4. The number of nitrogens with one attached hydrogen (secondary N) is 1. The first-order chi connectivity index (χ1) is 15.0. The molecule has 0 fully saturated rings. The Morgan fingerprint density at radius 1 is 1.10 bits per heavy atom. The molecule has 3 aromatic heterocycles. The zero-order valence-electron chi connectivity index (χ0n) is 17.3. The van der Waals surface area contributed by atoms with Gasteiger partial charge in [-0.15, -0.1) is 0 Å². The summed E-state index contributed by atoms with van der Waals surface area (Å²) in [7, 11) is 0. The number of halogens is 1. The van der Waals surface area contributed by atoms with Gasteiger partial charge in [0.2, 0.25) is 5.91 Å². The minimum atomic E-state index is -0.349. The summed E-state index contributed by atoms with van der Waals surface area (Å²) < 4.78 is 17.2. The third-order valence-electron chi connectivity index (χ3n) is 5.38. The third-order valence-corrected chi connectivity index (χ3v) is 5.38. The fraction of sp³-hybridized carbons (Fsp3) is 0.217. The molecule has 0 saturated heterocycles. The topological polar surface area (TPSA) is 81.8 Å². The smallest absolute Gasteiger partial charge is 0.276 e. The van der Waals surface area contributed by atoms with E-state index in [4.69, 9.17) is 0 Å². The van der Waals surface area contributed by atoms with Crippen molar-refractivity contribution >= 4 is 16.7 Å². The predicted octanol–water partition coefficient (Wildman–Crippen LogP) is 2.71. The fourth-order valence-electron chi connectivity index (χ4n) is 3.68. The number of carbonyl (C=O) groups excluding carboxylic acids is 1. The number of fused-ring (bicyclic) bond motifs is 1. The minimum absolute atomic E-state index is 0.196. The molecule has 1 amide bonds. The van der Waals surface area contributed by atoms with Gasteiger partial charge < -0.3 is 9.88 Å². The lowest BCUT2D eigenvalue weighted by atomic mass is 10.2. The quantitative estimate of drug-likeness (QED) is 0.521.